The summed E-state index contributed by atoms with van der Waals surface area (Å²) in [4.78, 5) is 17.9. The van der Waals surface area contributed by atoms with E-state index in [0.717, 1.165) is 6.42 Å². The van der Waals surface area contributed by atoms with Gasteiger partial charge in [-0.15, -0.1) is 0 Å². The lowest BCUT2D eigenvalue weighted by Crippen LogP contribution is -2.29. The number of rotatable bonds is 2. The van der Waals surface area contributed by atoms with Crippen LogP contribution in [0.15, 0.2) is 12.1 Å². The maximum absolute atomic E-state index is 11.6. The molecule has 0 spiro atoms. The third-order valence-corrected chi connectivity index (χ3v) is 3.46. The lowest BCUT2D eigenvalue weighted by Gasteiger charge is -2.24. The zero-order valence-electron chi connectivity index (χ0n) is 10.4. The van der Waals surface area contributed by atoms with Crippen LogP contribution in [0, 0.1) is 17.2 Å². The molecule has 1 aromatic rings. The Morgan fingerprint density at radius 2 is 2.33 bits per heavy atom. The Morgan fingerprint density at radius 1 is 1.61 bits per heavy atom. The van der Waals surface area contributed by atoms with Crippen molar-refractivity contribution in [3.63, 3.8) is 0 Å². The molecule has 0 aromatic carbocycles. The molecule has 0 saturated carbocycles. The van der Waals surface area contributed by atoms with Crippen molar-refractivity contribution in [1.29, 1.82) is 5.26 Å². The van der Waals surface area contributed by atoms with E-state index in [-0.39, 0.29) is 17.7 Å². The first kappa shape index (κ1) is 12.8. The summed E-state index contributed by atoms with van der Waals surface area (Å²) in [7, 11) is 0. The Balaban J connectivity index is 2.41. The molecule has 1 fully saturated rings. The highest BCUT2D eigenvalue weighted by atomic mass is 35.5. The van der Waals surface area contributed by atoms with Gasteiger partial charge < -0.3 is 4.90 Å². The molecule has 2 rings (SSSR count). The molecule has 1 saturated heterocycles. The molecule has 2 heterocycles. The first-order chi connectivity index (χ1) is 8.52. The monoisotopic (exact) mass is 263 g/mol. The summed E-state index contributed by atoms with van der Waals surface area (Å²) in [5.74, 6) is 0.544. The van der Waals surface area contributed by atoms with Gasteiger partial charge >= 0.3 is 0 Å². The average molecular weight is 264 g/mol. The van der Waals surface area contributed by atoms with Gasteiger partial charge in [0.25, 0.3) is 0 Å². The first-order valence-electron chi connectivity index (χ1n) is 5.86. The van der Waals surface area contributed by atoms with Gasteiger partial charge in [-0.05, 0) is 32.4 Å². The Hall–Kier alpha value is -1.60. The van der Waals surface area contributed by atoms with Crippen LogP contribution in [0.2, 0.25) is 5.15 Å². The van der Waals surface area contributed by atoms with Crippen molar-refractivity contribution in [3.8, 4) is 6.07 Å². The van der Waals surface area contributed by atoms with Gasteiger partial charge in [0.15, 0.2) is 5.78 Å². The van der Waals surface area contributed by atoms with Gasteiger partial charge in [-0.25, -0.2) is 4.98 Å². The largest absolute Gasteiger partial charge is 0.352 e. The number of carbonyl (C=O) groups excluding carboxylic acids is 1. The SMILES string of the molecule is CC(=O)c1ccc(Cl)nc1N1C[C@@H](C#N)C[C@H]1C. The summed E-state index contributed by atoms with van der Waals surface area (Å²) < 4.78 is 0. The molecule has 0 aliphatic carbocycles. The number of anilines is 1. The van der Waals surface area contributed by atoms with E-state index < -0.39 is 0 Å². The molecule has 0 radical (unpaired) electrons. The predicted octanol–water partition coefficient (Wildman–Crippen LogP) is 2.68. The van der Waals surface area contributed by atoms with E-state index in [0.29, 0.717) is 23.1 Å². The molecule has 94 valence electrons. The number of hydrogen-bond acceptors (Lipinski definition) is 4. The van der Waals surface area contributed by atoms with Crippen LogP contribution in [-0.4, -0.2) is 23.4 Å². The van der Waals surface area contributed by atoms with Gasteiger partial charge in [-0.3, -0.25) is 4.79 Å². The van der Waals surface area contributed by atoms with Gasteiger partial charge in [0.2, 0.25) is 0 Å². The molecule has 0 bridgehead atoms. The van der Waals surface area contributed by atoms with Crippen molar-refractivity contribution >= 4 is 23.2 Å². The second-order valence-corrected chi connectivity index (χ2v) is 5.01. The van der Waals surface area contributed by atoms with Gasteiger partial charge in [0.05, 0.1) is 17.6 Å². The summed E-state index contributed by atoms with van der Waals surface area (Å²) in [5.41, 5.74) is 0.560. The van der Waals surface area contributed by atoms with Crippen molar-refractivity contribution in [2.75, 3.05) is 11.4 Å². The first-order valence-corrected chi connectivity index (χ1v) is 6.24. The molecular weight excluding hydrogens is 250 g/mol. The minimum absolute atomic E-state index is 0.0133. The number of Topliss-reactive ketones (excluding diaryl/α,β-unsaturated/α-hetero) is 1. The number of ketones is 1. The Morgan fingerprint density at radius 3 is 2.89 bits per heavy atom. The van der Waals surface area contributed by atoms with Crippen LogP contribution in [0.5, 0.6) is 0 Å². The van der Waals surface area contributed by atoms with Crippen LogP contribution >= 0.6 is 11.6 Å². The van der Waals surface area contributed by atoms with Crippen molar-refractivity contribution in [3.05, 3.63) is 22.8 Å². The standard InChI is InChI=1S/C13H14ClN3O/c1-8-5-10(6-15)7-17(8)13-11(9(2)18)3-4-12(14)16-13/h3-4,8,10H,5,7H2,1-2H3/t8-,10-/m1/s1. The van der Waals surface area contributed by atoms with Crippen LogP contribution in [0.4, 0.5) is 5.82 Å². The molecule has 0 N–H and O–H groups in total. The molecule has 0 unspecified atom stereocenters. The smallest absolute Gasteiger partial charge is 0.163 e. The van der Waals surface area contributed by atoms with Gasteiger partial charge in [-0.2, -0.15) is 5.26 Å². The summed E-state index contributed by atoms with van der Waals surface area (Å²) in [6.07, 6.45) is 0.794. The molecule has 0 amide bonds. The zero-order valence-corrected chi connectivity index (χ0v) is 11.1. The summed E-state index contributed by atoms with van der Waals surface area (Å²) in [6, 6.07) is 5.77. The highest BCUT2D eigenvalue weighted by Crippen LogP contribution is 2.30. The molecule has 4 nitrogen and oxygen atoms in total. The van der Waals surface area contributed by atoms with Crippen LogP contribution < -0.4 is 4.90 Å². The second kappa shape index (κ2) is 4.95. The maximum atomic E-state index is 11.6. The fourth-order valence-electron chi connectivity index (χ4n) is 2.34. The lowest BCUT2D eigenvalue weighted by atomic mass is 10.1. The quantitative estimate of drug-likeness (QED) is 0.608. The molecule has 18 heavy (non-hydrogen) atoms. The summed E-state index contributed by atoms with van der Waals surface area (Å²) >= 11 is 5.90. The van der Waals surface area contributed by atoms with Gasteiger partial charge in [0, 0.05) is 12.6 Å². The van der Waals surface area contributed by atoms with Crippen LogP contribution in [0.3, 0.4) is 0 Å². The Bertz CT molecular complexity index is 523. The van der Waals surface area contributed by atoms with Gasteiger partial charge in [-0.1, -0.05) is 11.6 Å². The molecule has 1 aliphatic rings. The van der Waals surface area contributed by atoms with E-state index in [1.807, 2.05) is 11.8 Å². The normalized spacial score (nSPS) is 22.9. The molecule has 5 heteroatoms. The van der Waals surface area contributed by atoms with Crippen LogP contribution in [-0.2, 0) is 0 Å². The van der Waals surface area contributed by atoms with E-state index in [1.165, 1.54) is 6.92 Å². The topological polar surface area (TPSA) is 57.0 Å². The van der Waals surface area contributed by atoms with E-state index in [1.54, 1.807) is 12.1 Å². The lowest BCUT2D eigenvalue weighted by molar-refractivity contribution is 0.101. The fourth-order valence-corrected chi connectivity index (χ4v) is 2.48. The zero-order chi connectivity index (χ0) is 13.3. The third kappa shape index (κ3) is 2.32. The van der Waals surface area contributed by atoms with E-state index in [2.05, 4.69) is 11.1 Å². The second-order valence-electron chi connectivity index (χ2n) is 4.62. The van der Waals surface area contributed by atoms with Crippen LogP contribution in [0.1, 0.15) is 30.6 Å². The fraction of sp³-hybridized carbons (Fsp3) is 0.462. The highest BCUT2D eigenvalue weighted by Gasteiger charge is 2.31. The number of nitrogens with zero attached hydrogens (tertiary/aromatic N) is 3. The van der Waals surface area contributed by atoms with Crippen molar-refractivity contribution in [1.82, 2.24) is 4.98 Å². The maximum Gasteiger partial charge on any atom is 0.163 e. The highest BCUT2D eigenvalue weighted by molar-refractivity contribution is 6.29. The minimum Gasteiger partial charge on any atom is -0.352 e. The summed E-state index contributed by atoms with van der Waals surface area (Å²) in [6.45, 7) is 4.14. The average Bonchev–Trinajstić information content (AvgIpc) is 2.70. The van der Waals surface area contributed by atoms with E-state index >= 15 is 0 Å². The molecule has 1 aromatic heterocycles. The summed E-state index contributed by atoms with van der Waals surface area (Å²) in [5, 5.41) is 9.36. The predicted molar refractivity (Wildman–Crippen MR) is 69.8 cm³/mol. The van der Waals surface area contributed by atoms with E-state index in [9.17, 15) is 4.79 Å². The number of halogens is 1. The molecular formula is C13H14ClN3O. The van der Waals surface area contributed by atoms with Crippen molar-refractivity contribution < 1.29 is 4.79 Å². The molecule has 2 atom stereocenters. The Kier molecular flexibility index (Phi) is 3.53. The number of hydrogen-bond donors (Lipinski definition) is 0. The minimum atomic E-state index is -0.0400. The van der Waals surface area contributed by atoms with Gasteiger partial charge in [0.1, 0.15) is 11.0 Å². The van der Waals surface area contributed by atoms with Crippen molar-refractivity contribution in [2.45, 2.75) is 26.3 Å². The van der Waals surface area contributed by atoms with Crippen LogP contribution in [0.25, 0.3) is 0 Å². The number of aromatic nitrogens is 1. The number of pyridine rings is 1. The molecule has 1 aliphatic heterocycles. The van der Waals surface area contributed by atoms with E-state index in [4.69, 9.17) is 16.9 Å². The van der Waals surface area contributed by atoms with Crippen molar-refractivity contribution in [2.24, 2.45) is 5.92 Å². The third-order valence-electron chi connectivity index (χ3n) is 3.25. The number of carbonyl (C=O) groups is 1. The Labute approximate surface area is 111 Å². The number of nitriles is 1.